The van der Waals surface area contributed by atoms with Gasteiger partial charge in [-0.25, -0.2) is 4.98 Å². The molecule has 1 heterocycles. The summed E-state index contributed by atoms with van der Waals surface area (Å²) in [6.45, 7) is 9.43. The first kappa shape index (κ1) is 11.2. The van der Waals surface area contributed by atoms with E-state index in [9.17, 15) is 0 Å². The van der Waals surface area contributed by atoms with E-state index in [0.717, 1.165) is 6.42 Å². The molecule has 2 N–H and O–H groups in total. The first-order valence-electron chi connectivity index (χ1n) is 5.23. The van der Waals surface area contributed by atoms with Crippen LogP contribution in [-0.4, -0.2) is 16.1 Å². The molecule has 80 valence electrons. The van der Waals surface area contributed by atoms with Crippen LogP contribution in [0.1, 0.15) is 45.9 Å². The molecular formula is C11H21N3. The minimum absolute atomic E-state index is 0.138. The molecule has 0 saturated carbocycles. The second-order valence-corrected chi connectivity index (χ2v) is 4.73. The zero-order valence-corrected chi connectivity index (χ0v) is 9.62. The van der Waals surface area contributed by atoms with Gasteiger partial charge in [0.15, 0.2) is 0 Å². The van der Waals surface area contributed by atoms with E-state index in [2.05, 4.69) is 37.2 Å². The molecule has 1 rings (SSSR count). The summed E-state index contributed by atoms with van der Waals surface area (Å²) in [5.74, 6) is 0. The average molecular weight is 195 g/mol. The molecule has 14 heavy (non-hydrogen) atoms. The van der Waals surface area contributed by atoms with Crippen molar-refractivity contribution in [3.05, 3.63) is 18.2 Å². The van der Waals surface area contributed by atoms with Crippen molar-refractivity contribution in [1.82, 2.24) is 9.55 Å². The molecule has 0 bridgehead atoms. The van der Waals surface area contributed by atoms with Crippen molar-refractivity contribution in [3.8, 4) is 0 Å². The summed E-state index contributed by atoms with van der Waals surface area (Å²) >= 11 is 0. The Balaban J connectivity index is 3.03. The zero-order chi connectivity index (χ0) is 10.8. The van der Waals surface area contributed by atoms with Gasteiger partial charge in [-0.15, -0.1) is 0 Å². The van der Waals surface area contributed by atoms with E-state index < -0.39 is 0 Å². The lowest BCUT2D eigenvalue weighted by molar-refractivity contribution is 0.437. The summed E-state index contributed by atoms with van der Waals surface area (Å²) in [7, 11) is 0. The first-order chi connectivity index (χ1) is 6.50. The van der Waals surface area contributed by atoms with Gasteiger partial charge in [-0.05, 0) is 6.42 Å². The fraction of sp³-hybridized carbons (Fsp3) is 0.727. The molecule has 0 aliphatic heterocycles. The standard InChI is InChI=1S/C11H21N3/c1-5-9(6-12)14-8-13-7-10(14)11(2,3)4/h7-9H,5-6,12H2,1-4H3. The molecule has 3 nitrogen and oxygen atoms in total. The SMILES string of the molecule is CCC(CN)n1cncc1C(C)(C)C. The molecular weight excluding hydrogens is 174 g/mol. The van der Waals surface area contributed by atoms with Gasteiger partial charge in [-0.1, -0.05) is 27.7 Å². The van der Waals surface area contributed by atoms with Crippen molar-refractivity contribution in [2.45, 2.75) is 45.6 Å². The fourth-order valence-corrected chi connectivity index (χ4v) is 1.65. The maximum Gasteiger partial charge on any atom is 0.0951 e. The third kappa shape index (κ3) is 2.15. The molecule has 1 atom stereocenters. The number of hydrogen-bond donors (Lipinski definition) is 1. The average Bonchev–Trinajstić information content (AvgIpc) is 2.54. The highest BCUT2D eigenvalue weighted by Gasteiger charge is 2.21. The fourth-order valence-electron chi connectivity index (χ4n) is 1.65. The lowest BCUT2D eigenvalue weighted by Crippen LogP contribution is -2.24. The van der Waals surface area contributed by atoms with E-state index in [0.29, 0.717) is 12.6 Å². The van der Waals surface area contributed by atoms with Crippen molar-refractivity contribution in [1.29, 1.82) is 0 Å². The topological polar surface area (TPSA) is 43.8 Å². The van der Waals surface area contributed by atoms with Gasteiger partial charge >= 0.3 is 0 Å². The van der Waals surface area contributed by atoms with Crippen LogP contribution >= 0.6 is 0 Å². The third-order valence-corrected chi connectivity index (χ3v) is 2.57. The Morgan fingerprint density at radius 1 is 1.50 bits per heavy atom. The highest BCUT2D eigenvalue weighted by Crippen LogP contribution is 2.25. The van der Waals surface area contributed by atoms with E-state index in [-0.39, 0.29) is 5.41 Å². The van der Waals surface area contributed by atoms with Crippen LogP contribution in [0.4, 0.5) is 0 Å². The summed E-state index contributed by atoms with van der Waals surface area (Å²) in [5, 5.41) is 0. The van der Waals surface area contributed by atoms with Gasteiger partial charge in [-0.2, -0.15) is 0 Å². The molecule has 0 amide bonds. The third-order valence-electron chi connectivity index (χ3n) is 2.57. The van der Waals surface area contributed by atoms with E-state index in [4.69, 9.17) is 5.73 Å². The second kappa shape index (κ2) is 4.13. The van der Waals surface area contributed by atoms with Crippen LogP contribution in [-0.2, 0) is 5.41 Å². The van der Waals surface area contributed by atoms with Crippen molar-refractivity contribution in [3.63, 3.8) is 0 Å². The molecule has 1 aromatic heterocycles. The van der Waals surface area contributed by atoms with E-state index in [1.807, 2.05) is 12.5 Å². The minimum atomic E-state index is 0.138. The predicted molar refractivity (Wildman–Crippen MR) is 59.3 cm³/mol. The summed E-state index contributed by atoms with van der Waals surface area (Å²) in [6.07, 6.45) is 4.88. The van der Waals surface area contributed by atoms with E-state index >= 15 is 0 Å². The van der Waals surface area contributed by atoms with Crippen LogP contribution in [0.25, 0.3) is 0 Å². The smallest absolute Gasteiger partial charge is 0.0951 e. The van der Waals surface area contributed by atoms with E-state index in [1.54, 1.807) is 0 Å². The number of imidazole rings is 1. The number of nitrogens with two attached hydrogens (primary N) is 1. The highest BCUT2D eigenvalue weighted by molar-refractivity contribution is 5.11. The molecule has 3 heteroatoms. The Kier molecular flexibility index (Phi) is 3.32. The highest BCUT2D eigenvalue weighted by atomic mass is 15.1. The van der Waals surface area contributed by atoms with Crippen LogP contribution in [0.2, 0.25) is 0 Å². The molecule has 0 aromatic carbocycles. The van der Waals surface area contributed by atoms with E-state index in [1.165, 1.54) is 5.69 Å². The largest absolute Gasteiger partial charge is 0.330 e. The molecule has 0 spiro atoms. The Bertz CT molecular complexity index is 279. The first-order valence-corrected chi connectivity index (χ1v) is 5.23. The van der Waals surface area contributed by atoms with Crippen molar-refractivity contribution < 1.29 is 0 Å². The lowest BCUT2D eigenvalue weighted by atomic mass is 9.92. The monoisotopic (exact) mass is 195 g/mol. The molecule has 0 aliphatic rings. The van der Waals surface area contributed by atoms with Crippen molar-refractivity contribution in [2.75, 3.05) is 6.54 Å². The normalized spacial score (nSPS) is 14.4. The van der Waals surface area contributed by atoms with Gasteiger partial charge < -0.3 is 10.3 Å². The van der Waals surface area contributed by atoms with Crippen LogP contribution in [0.15, 0.2) is 12.5 Å². The number of aromatic nitrogens is 2. The Morgan fingerprint density at radius 3 is 2.57 bits per heavy atom. The molecule has 0 saturated heterocycles. The molecule has 0 radical (unpaired) electrons. The number of nitrogens with zero attached hydrogens (tertiary/aromatic N) is 2. The van der Waals surface area contributed by atoms with Gasteiger partial charge in [0, 0.05) is 29.9 Å². The molecule has 0 fully saturated rings. The number of rotatable bonds is 3. The van der Waals surface area contributed by atoms with Gasteiger partial charge in [-0.3, -0.25) is 0 Å². The van der Waals surface area contributed by atoms with Crippen LogP contribution < -0.4 is 5.73 Å². The lowest BCUT2D eigenvalue weighted by Gasteiger charge is -2.25. The van der Waals surface area contributed by atoms with Crippen molar-refractivity contribution >= 4 is 0 Å². The Labute approximate surface area is 86.3 Å². The Morgan fingerprint density at radius 2 is 2.14 bits per heavy atom. The maximum atomic E-state index is 5.74. The Hall–Kier alpha value is -0.830. The van der Waals surface area contributed by atoms with Gasteiger partial charge in [0.25, 0.3) is 0 Å². The van der Waals surface area contributed by atoms with Crippen molar-refractivity contribution in [2.24, 2.45) is 5.73 Å². The van der Waals surface area contributed by atoms with Gasteiger partial charge in [0.1, 0.15) is 0 Å². The van der Waals surface area contributed by atoms with Crippen LogP contribution in [0.3, 0.4) is 0 Å². The van der Waals surface area contributed by atoms with Gasteiger partial charge in [0.05, 0.1) is 6.33 Å². The van der Waals surface area contributed by atoms with Crippen LogP contribution in [0, 0.1) is 0 Å². The molecule has 1 aromatic rings. The number of hydrogen-bond acceptors (Lipinski definition) is 2. The molecule has 0 aliphatic carbocycles. The van der Waals surface area contributed by atoms with Gasteiger partial charge in [0.2, 0.25) is 0 Å². The quantitative estimate of drug-likeness (QED) is 0.802. The maximum absolute atomic E-state index is 5.74. The zero-order valence-electron chi connectivity index (χ0n) is 9.62. The predicted octanol–water partition coefficient (Wildman–Crippen LogP) is 2.09. The summed E-state index contributed by atoms with van der Waals surface area (Å²) in [6, 6.07) is 0.381. The second-order valence-electron chi connectivity index (χ2n) is 4.73. The summed E-state index contributed by atoms with van der Waals surface area (Å²) < 4.78 is 2.21. The summed E-state index contributed by atoms with van der Waals surface area (Å²) in [5.41, 5.74) is 7.14. The van der Waals surface area contributed by atoms with Crippen LogP contribution in [0.5, 0.6) is 0 Å². The summed E-state index contributed by atoms with van der Waals surface area (Å²) in [4.78, 5) is 4.21. The minimum Gasteiger partial charge on any atom is -0.330 e. The molecule has 1 unspecified atom stereocenters.